The second kappa shape index (κ2) is 6.15. The number of hydrogen-bond acceptors (Lipinski definition) is 3. The molecule has 2 aliphatic heterocycles. The summed E-state index contributed by atoms with van der Waals surface area (Å²) in [5.74, 6) is 0. The summed E-state index contributed by atoms with van der Waals surface area (Å²) < 4.78 is 0. The summed E-state index contributed by atoms with van der Waals surface area (Å²) >= 11 is 0. The monoisotopic (exact) mass is 337 g/mol. The molecule has 0 spiro atoms. The minimum absolute atomic E-state index is 0.0602. The Morgan fingerprint density at radius 1 is 1.20 bits per heavy atom. The van der Waals surface area contributed by atoms with Crippen LogP contribution in [0.3, 0.4) is 0 Å². The maximum absolute atomic E-state index is 12.8. The molecular formula is C20H23N3O2. The summed E-state index contributed by atoms with van der Waals surface area (Å²) in [6.07, 6.45) is 6.46. The fraction of sp³-hybridized carbons (Fsp3) is 0.400. The topological polar surface area (TPSA) is 65.5 Å². The van der Waals surface area contributed by atoms with Crippen molar-refractivity contribution >= 4 is 11.7 Å². The largest absolute Gasteiger partial charge is 0.385 e. The molecule has 1 aromatic carbocycles. The number of amides is 2. The number of nitrogens with zero attached hydrogens (tertiary/aromatic N) is 2. The van der Waals surface area contributed by atoms with Crippen molar-refractivity contribution in [3.05, 3.63) is 59.9 Å². The number of aromatic nitrogens is 1. The molecule has 4 rings (SSSR count). The van der Waals surface area contributed by atoms with Gasteiger partial charge in [0.15, 0.2) is 0 Å². The van der Waals surface area contributed by atoms with E-state index in [2.05, 4.69) is 10.3 Å². The molecule has 1 unspecified atom stereocenters. The van der Waals surface area contributed by atoms with Crippen LogP contribution in [0, 0.1) is 6.92 Å². The quantitative estimate of drug-likeness (QED) is 0.882. The molecule has 3 heterocycles. The number of para-hydroxylation sites is 1. The number of rotatable bonds is 2. The summed E-state index contributed by atoms with van der Waals surface area (Å²) in [5, 5.41) is 14.2. The lowest BCUT2D eigenvalue weighted by Crippen LogP contribution is -2.53. The van der Waals surface area contributed by atoms with Crippen molar-refractivity contribution in [3.63, 3.8) is 0 Å². The number of carbonyl (C=O) groups excluding carboxylic acids is 1. The lowest BCUT2D eigenvalue weighted by atomic mass is 9.81. The molecule has 5 nitrogen and oxygen atoms in total. The molecule has 2 bridgehead atoms. The van der Waals surface area contributed by atoms with Crippen LogP contribution in [0.15, 0.2) is 48.8 Å². The van der Waals surface area contributed by atoms with Crippen LogP contribution in [-0.2, 0) is 5.60 Å². The molecule has 2 saturated heterocycles. The Bertz CT molecular complexity index is 764. The van der Waals surface area contributed by atoms with E-state index in [1.54, 1.807) is 12.4 Å². The molecule has 130 valence electrons. The Kier molecular flexibility index (Phi) is 3.96. The summed E-state index contributed by atoms with van der Waals surface area (Å²) in [7, 11) is 0. The first-order valence-electron chi connectivity index (χ1n) is 8.85. The minimum atomic E-state index is -0.889. The number of pyridine rings is 1. The summed E-state index contributed by atoms with van der Waals surface area (Å²) in [6.45, 7) is 1.99. The maximum atomic E-state index is 12.8. The predicted molar refractivity (Wildman–Crippen MR) is 96.2 cm³/mol. The van der Waals surface area contributed by atoms with Crippen LogP contribution in [0.1, 0.15) is 36.8 Å². The van der Waals surface area contributed by atoms with Gasteiger partial charge in [-0.3, -0.25) is 4.98 Å². The number of aliphatic hydroxyl groups is 1. The van der Waals surface area contributed by atoms with Crippen molar-refractivity contribution in [2.45, 2.75) is 50.3 Å². The second-order valence-electron chi connectivity index (χ2n) is 7.22. The van der Waals surface area contributed by atoms with Gasteiger partial charge >= 0.3 is 6.03 Å². The van der Waals surface area contributed by atoms with Gasteiger partial charge < -0.3 is 15.3 Å². The number of nitrogens with one attached hydrogen (secondary N) is 1. The van der Waals surface area contributed by atoms with E-state index < -0.39 is 5.60 Å². The number of hydrogen-bond donors (Lipinski definition) is 2. The summed E-state index contributed by atoms with van der Waals surface area (Å²) in [6, 6.07) is 11.6. The van der Waals surface area contributed by atoms with Crippen LogP contribution >= 0.6 is 0 Å². The number of benzene rings is 1. The van der Waals surface area contributed by atoms with E-state index in [4.69, 9.17) is 0 Å². The summed E-state index contributed by atoms with van der Waals surface area (Å²) in [5.41, 5.74) is 1.86. The highest BCUT2D eigenvalue weighted by atomic mass is 16.3. The van der Waals surface area contributed by atoms with E-state index in [9.17, 15) is 9.90 Å². The first-order chi connectivity index (χ1) is 12.1. The molecule has 5 heteroatoms. The van der Waals surface area contributed by atoms with Crippen LogP contribution in [0.25, 0.3) is 0 Å². The molecule has 1 aromatic heterocycles. The van der Waals surface area contributed by atoms with Gasteiger partial charge in [0.05, 0.1) is 5.60 Å². The molecule has 0 aliphatic carbocycles. The van der Waals surface area contributed by atoms with Crippen LogP contribution in [0.4, 0.5) is 10.5 Å². The van der Waals surface area contributed by atoms with Gasteiger partial charge in [-0.05, 0) is 37.5 Å². The smallest absolute Gasteiger partial charge is 0.322 e. The predicted octanol–water partition coefficient (Wildman–Crippen LogP) is 3.44. The highest BCUT2D eigenvalue weighted by Crippen LogP contribution is 2.45. The Labute approximate surface area is 147 Å². The van der Waals surface area contributed by atoms with Crippen LogP contribution in [0.2, 0.25) is 0 Å². The number of urea groups is 1. The van der Waals surface area contributed by atoms with E-state index in [1.807, 2.05) is 48.2 Å². The van der Waals surface area contributed by atoms with Gasteiger partial charge in [-0.1, -0.05) is 24.3 Å². The molecule has 3 atom stereocenters. The van der Waals surface area contributed by atoms with Gasteiger partial charge in [-0.15, -0.1) is 0 Å². The van der Waals surface area contributed by atoms with E-state index >= 15 is 0 Å². The molecule has 2 fully saturated rings. The summed E-state index contributed by atoms with van der Waals surface area (Å²) in [4.78, 5) is 18.9. The number of piperidine rings is 1. The van der Waals surface area contributed by atoms with Gasteiger partial charge in [0.2, 0.25) is 0 Å². The van der Waals surface area contributed by atoms with Crippen molar-refractivity contribution in [3.8, 4) is 0 Å². The molecule has 2 N–H and O–H groups in total. The van der Waals surface area contributed by atoms with Crippen molar-refractivity contribution in [1.29, 1.82) is 0 Å². The number of carbonyl (C=O) groups is 1. The van der Waals surface area contributed by atoms with Crippen molar-refractivity contribution in [2.24, 2.45) is 0 Å². The third-order valence-electron chi connectivity index (χ3n) is 5.59. The zero-order chi connectivity index (χ0) is 17.4. The van der Waals surface area contributed by atoms with Crippen molar-refractivity contribution < 1.29 is 9.90 Å². The molecule has 2 aromatic rings. The SMILES string of the molecule is Cc1ccccc1NC(=O)N1[C@@H]2CC[C@H]1CC(O)(c1cccnc1)C2. The van der Waals surface area contributed by atoms with Gasteiger partial charge in [0.1, 0.15) is 0 Å². The second-order valence-corrected chi connectivity index (χ2v) is 7.22. The lowest BCUT2D eigenvalue weighted by molar-refractivity contribution is -0.0424. The molecule has 25 heavy (non-hydrogen) atoms. The molecular weight excluding hydrogens is 314 g/mol. The zero-order valence-corrected chi connectivity index (χ0v) is 14.4. The highest BCUT2D eigenvalue weighted by molar-refractivity contribution is 5.90. The fourth-order valence-corrected chi connectivity index (χ4v) is 4.32. The average molecular weight is 337 g/mol. The average Bonchev–Trinajstić information content (AvgIpc) is 2.90. The first kappa shape index (κ1) is 16.1. The standard InChI is InChI=1S/C20H23N3O2/c1-14-5-2-3-7-18(14)22-19(24)23-16-8-9-17(23)12-20(25,11-16)15-6-4-10-21-13-15/h2-7,10,13,16-17,25H,8-9,11-12H2,1H3,(H,22,24)/t16-,17+,20?. The normalized spacial score (nSPS) is 28.0. The van der Waals surface area contributed by atoms with Crippen LogP contribution in [-0.4, -0.2) is 33.1 Å². The molecule has 0 saturated carbocycles. The first-order valence-corrected chi connectivity index (χ1v) is 8.85. The lowest BCUT2D eigenvalue weighted by Gasteiger charge is -2.43. The number of anilines is 1. The van der Waals surface area contributed by atoms with Gasteiger partial charge in [0.25, 0.3) is 0 Å². The Balaban J connectivity index is 1.53. The van der Waals surface area contributed by atoms with E-state index in [0.717, 1.165) is 29.7 Å². The Hall–Kier alpha value is -2.40. The molecule has 2 amide bonds. The maximum Gasteiger partial charge on any atom is 0.322 e. The van der Waals surface area contributed by atoms with E-state index in [0.29, 0.717) is 12.8 Å². The number of fused-ring (bicyclic) bond motifs is 2. The zero-order valence-electron chi connectivity index (χ0n) is 14.4. The minimum Gasteiger partial charge on any atom is -0.385 e. The van der Waals surface area contributed by atoms with Gasteiger partial charge in [0, 0.05) is 48.6 Å². The van der Waals surface area contributed by atoms with E-state index in [1.165, 1.54) is 0 Å². The van der Waals surface area contributed by atoms with E-state index in [-0.39, 0.29) is 18.1 Å². The Morgan fingerprint density at radius 2 is 1.92 bits per heavy atom. The molecule has 2 aliphatic rings. The van der Waals surface area contributed by atoms with Gasteiger partial charge in [-0.25, -0.2) is 4.79 Å². The Morgan fingerprint density at radius 3 is 2.56 bits per heavy atom. The van der Waals surface area contributed by atoms with Crippen LogP contribution < -0.4 is 5.32 Å². The van der Waals surface area contributed by atoms with Crippen molar-refractivity contribution in [2.75, 3.05) is 5.32 Å². The fourth-order valence-electron chi connectivity index (χ4n) is 4.32. The third kappa shape index (κ3) is 2.89. The number of aryl methyl sites for hydroxylation is 1. The highest BCUT2D eigenvalue weighted by Gasteiger charge is 2.50. The third-order valence-corrected chi connectivity index (χ3v) is 5.59. The van der Waals surface area contributed by atoms with Crippen LogP contribution in [0.5, 0.6) is 0 Å². The van der Waals surface area contributed by atoms with Crippen molar-refractivity contribution in [1.82, 2.24) is 9.88 Å². The van der Waals surface area contributed by atoms with Gasteiger partial charge in [-0.2, -0.15) is 0 Å². The molecule has 0 radical (unpaired) electrons.